The lowest BCUT2D eigenvalue weighted by atomic mass is 9.33. The van der Waals surface area contributed by atoms with Gasteiger partial charge in [-0.1, -0.05) is 145 Å². The van der Waals surface area contributed by atoms with Crippen molar-refractivity contribution in [2.45, 2.75) is 162 Å². The van der Waals surface area contributed by atoms with Crippen LogP contribution in [0.4, 0.5) is 49.9 Å². The Labute approximate surface area is 396 Å². The fraction of sp³-hybridized carbons (Fsp3) is 0.410. The molecule has 3 heterocycles. The van der Waals surface area contributed by atoms with Crippen LogP contribution in [0.3, 0.4) is 0 Å². The quantitative estimate of drug-likeness (QED) is 0.164. The van der Waals surface area contributed by atoms with Crippen LogP contribution in [0.5, 0.6) is 0 Å². The molecule has 0 spiro atoms. The van der Waals surface area contributed by atoms with Gasteiger partial charge in [-0.2, -0.15) is 0 Å². The maximum absolute atomic E-state index is 15.3. The molecule has 66 heavy (non-hydrogen) atoms. The molecular weight excluding hydrogens is 805 g/mol. The molecule has 0 radical (unpaired) electrons. The Kier molecular flexibility index (Phi) is 9.86. The van der Waals surface area contributed by atoms with E-state index in [0.717, 1.165) is 48.3 Å². The molecule has 5 heteroatoms. The van der Waals surface area contributed by atoms with Crippen LogP contribution in [0.1, 0.15) is 156 Å². The average Bonchev–Trinajstić information content (AvgIpc) is 3.44. The second-order valence-corrected chi connectivity index (χ2v) is 24.9. The molecule has 0 amide bonds. The number of halogens is 1. The lowest BCUT2D eigenvalue weighted by Crippen LogP contribution is -2.61. The van der Waals surface area contributed by atoms with Gasteiger partial charge in [0.05, 0.1) is 5.54 Å². The van der Waals surface area contributed by atoms with Crippen molar-refractivity contribution in [3.8, 4) is 0 Å². The van der Waals surface area contributed by atoms with E-state index in [9.17, 15) is 0 Å². The molecule has 0 N–H and O–H groups in total. The smallest absolute Gasteiger partial charge is 0.252 e. The number of nitrogens with zero attached hydrogens (tertiary/aromatic N) is 3. The van der Waals surface area contributed by atoms with Crippen LogP contribution in [0.15, 0.2) is 109 Å². The number of benzene rings is 6. The number of anilines is 8. The van der Waals surface area contributed by atoms with Gasteiger partial charge in [-0.25, -0.2) is 4.39 Å². The minimum absolute atomic E-state index is 0.0159. The maximum atomic E-state index is 15.3. The van der Waals surface area contributed by atoms with Crippen LogP contribution in [0.25, 0.3) is 0 Å². The van der Waals surface area contributed by atoms with Gasteiger partial charge in [-0.3, -0.25) is 0 Å². The SMILES string of the molecule is Cc1cc(C(C)(C)C)ccc1N1c2ccc(C(C)(C)C)cc2B2c3ccc(N4c5ccc(F)cc5C5(C)CCCCC45C)cc3N(c3ccc(C(C)(C)C)cc3)c3cc(C(C)(C)C)cc1c32. The third kappa shape index (κ3) is 6.71. The van der Waals surface area contributed by atoms with Crippen LogP contribution in [-0.4, -0.2) is 12.3 Å². The zero-order valence-electron chi connectivity index (χ0n) is 42.5. The van der Waals surface area contributed by atoms with E-state index < -0.39 is 0 Å². The molecule has 1 saturated carbocycles. The number of hydrogen-bond acceptors (Lipinski definition) is 3. The Balaban J connectivity index is 1.30. The predicted molar refractivity (Wildman–Crippen MR) is 283 cm³/mol. The summed E-state index contributed by atoms with van der Waals surface area (Å²) in [5.74, 6) is -0.151. The first kappa shape index (κ1) is 44.5. The highest BCUT2D eigenvalue weighted by atomic mass is 19.1. The summed E-state index contributed by atoms with van der Waals surface area (Å²) in [6, 6.07) is 41.7. The Morgan fingerprint density at radius 1 is 0.470 bits per heavy atom. The first-order valence-electron chi connectivity index (χ1n) is 24.7. The van der Waals surface area contributed by atoms with Gasteiger partial charge in [0.1, 0.15) is 5.82 Å². The highest BCUT2D eigenvalue weighted by Gasteiger charge is 2.58. The fourth-order valence-electron chi connectivity index (χ4n) is 12.2. The standard InChI is InChI=1S/C61H71BFN3/c1-38-32-40(57(5,6)7)20-27-49(38)65-51-28-21-41(58(8,9)10)33-48(51)62-47-26-25-45(66-50-29-22-43(63)36-46(50)60(14)30-16-17-31-61(60,66)15)37-52(47)64(44-23-18-39(19-24-44)56(2,3)4)53-34-42(59(11,12)13)35-54(65)55(53)62/h18-29,32-37H,16-17,30-31H2,1-15H3. The van der Waals surface area contributed by atoms with Crippen molar-refractivity contribution in [2.75, 3.05) is 14.7 Å². The molecule has 3 nitrogen and oxygen atoms in total. The van der Waals surface area contributed by atoms with Crippen LogP contribution >= 0.6 is 0 Å². The molecule has 3 aliphatic heterocycles. The Morgan fingerprint density at radius 2 is 1.02 bits per heavy atom. The third-order valence-electron chi connectivity index (χ3n) is 16.4. The largest absolute Gasteiger partial charge is 0.334 e. The molecule has 340 valence electrons. The van der Waals surface area contributed by atoms with Gasteiger partial charge in [0.2, 0.25) is 0 Å². The molecule has 0 saturated heterocycles. The van der Waals surface area contributed by atoms with Gasteiger partial charge in [-0.05, 0) is 165 Å². The Hall–Kier alpha value is -5.29. The molecular formula is C61H71BFN3. The van der Waals surface area contributed by atoms with E-state index in [1.807, 2.05) is 6.07 Å². The van der Waals surface area contributed by atoms with Crippen LogP contribution in [0.2, 0.25) is 0 Å². The highest BCUT2D eigenvalue weighted by molar-refractivity contribution is 7.00. The summed E-state index contributed by atoms with van der Waals surface area (Å²) in [7, 11) is 0. The van der Waals surface area contributed by atoms with Gasteiger partial charge in [-0.15, -0.1) is 0 Å². The van der Waals surface area contributed by atoms with Crippen molar-refractivity contribution < 1.29 is 4.39 Å². The lowest BCUT2D eigenvalue weighted by molar-refractivity contribution is 0.194. The number of fused-ring (bicyclic) bond motifs is 7. The van der Waals surface area contributed by atoms with Crippen molar-refractivity contribution in [1.29, 1.82) is 0 Å². The van der Waals surface area contributed by atoms with Gasteiger partial charge in [0, 0.05) is 50.9 Å². The summed E-state index contributed by atoms with van der Waals surface area (Å²) < 4.78 is 15.3. The summed E-state index contributed by atoms with van der Waals surface area (Å²) in [5, 5.41) is 0. The molecule has 2 unspecified atom stereocenters. The highest BCUT2D eigenvalue weighted by Crippen LogP contribution is 2.61. The molecule has 6 aromatic rings. The van der Waals surface area contributed by atoms with E-state index >= 15 is 4.39 Å². The summed E-state index contributed by atoms with van der Waals surface area (Å²) in [5.41, 5.74) is 20.8. The molecule has 6 aromatic carbocycles. The summed E-state index contributed by atoms with van der Waals surface area (Å²) in [6.45, 7) is 35.0. The predicted octanol–water partition coefficient (Wildman–Crippen LogP) is 15.1. The Bertz CT molecular complexity index is 2940. The van der Waals surface area contributed by atoms with Gasteiger partial charge >= 0.3 is 0 Å². The molecule has 1 fully saturated rings. The fourth-order valence-corrected chi connectivity index (χ4v) is 12.2. The number of rotatable bonds is 3. The van der Waals surface area contributed by atoms with E-state index in [2.05, 4.69) is 216 Å². The first-order chi connectivity index (χ1) is 30.8. The van der Waals surface area contributed by atoms with Gasteiger partial charge in [0.15, 0.2) is 0 Å². The van der Waals surface area contributed by atoms with Crippen LogP contribution in [-0.2, 0) is 27.1 Å². The summed E-state index contributed by atoms with van der Waals surface area (Å²) >= 11 is 0. The van der Waals surface area contributed by atoms with E-state index in [1.165, 1.54) is 72.6 Å². The molecule has 0 bridgehead atoms. The van der Waals surface area contributed by atoms with E-state index in [-0.39, 0.29) is 45.1 Å². The van der Waals surface area contributed by atoms with Crippen LogP contribution < -0.4 is 31.1 Å². The minimum atomic E-state index is -0.214. The maximum Gasteiger partial charge on any atom is 0.252 e. The van der Waals surface area contributed by atoms with Crippen LogP contribution in [0, 0.1) is 12.7 Å². The van der Waals surface area contributed by atoms with Crippen molar-refractivity contribution in [3.63, 3.8) is 0 Å². The summed E-state index contributed by atoms with van der Waals surface area (Å²) in [4.78, 5) is 7.79. The summed E-state index contributed by atoms with van der Waals surface area (Å²) in [6.07, 6.45) is 4.41. The van der Waals surface area contributed by atoms with E-state index in [4.69, 9.17) is 0 Å². The van der Waals surface area contributed by atoms with Crippen molar-refractivity contribution in [2.24, 2.45) is 0 Å². The van der Waals surface area contributed by atoms with E-state index in [1.54, 1.807) is 6.07 Å². The lowest BCUT2D eigenvalue weighted by Gasteiger charge is -2.50. The van der Waals surface area contributed by atoms with Gasteiger partial charge in [0.25, 0.3) is 6.71 Å². The zero-order valence-corrected chi connectivity index (χ0v) is 42.5. The van der Waals surface area contributed by atoms with E-state index in [0.29, 0.717) is 0 Å². The number of hydrogen-bond donors (Lipinski definition) is 0. The first-order valence-corrected chi connectivity index (χ1v) is 24.7. The van der Waals surface area contributed by atoms with Crippen molar-refractivity contribution in [3.05, 3.63) is 148 Å². The second-order valence-electron chi connectivity index (χ2n) is 24.9. The van der Waals surface area contributed by atoms with Crippen molar-refractivity contribution in [1.82, 2.24) is 0 Å². The zero-order chi connectivity index (χ0) is 47.3. The molecule has 1 aliphatic carbocycles. The molecule has 2 atom stereocenters. The minimum Gasteiger partial charge on any atom is -0.334 e. The van der Waals surface area contributed by atoms with Gasteiger partial charge < -0.3 is 14.7 Å². The average molecular weight is 876 g/mol. The number of aryl methyl sites for hydroxylation is 1. The topological polar surface area (TPSA) is 9.72 Å². The monoisotopic (exact) mass is 876 g/mol. The second kappa shape index (κ2) is 14.6. The third-order valence-corrected chi connectivity index (χ3v) is 16.4. The normalized spacial score (nSPS) is 20.2. The molecule has 0 aromatic heterocycles. The molecule has 4 aliphatic rings. The Morgan fingerprint density at radius 3 is 1.64 bits per heavy atom. The van der Waals surface area contributed by atoms with Crippen molar-refractivity contribution >= 4 is 68.6 Å². The molecule has 10 rings (SSSR count).